The van der Waals surface area contributed by atoms with E-state index in [1.807, 2.05) is 24.3 Å². The maximum atomic E-state index is 8.85. The molecule has 22 heavy (non-hydrogen) atoms. The van der Waals surface area contributed by atoms with Gasteiger partial charge in [-0.25, -0.2) is 0 Å². The van der Waals surface area contributed by atoms with Crippen LogP contribution in [0, 0.1) is 0 Å². The number of aryl methyl sites for hydroxylation is 2. The van der Waals surface area contributed by atoms with E-state index >= 15 is 0 Å². The van der Waals surface area contributed by atoms with Crippen molar-refractivity contribution < 1.29 is 25.2 Å². The minimum atomic E-state index is -2.33. The number of phenolic OH excluding ortho intramolecular Hbond substituents is 2. The van der Waals surface area contributed by atoms with E-state index < -0.39 is 6.16 Å². The lowest BCUT2D eigenvalue weighted by Gasteiger charge is -1.96. The third kappa shape index (κ3) is 10.1. The maximum absolute atomic E-state index is 8.85. The van der Waals surface area contributed by atoms with Crippen molar-refractivity contribution >= 4 is 6.16 Å². The fourth-order valence-corrected chi connectivity index (χ4v) is 1.46. The molecular weight excluding hydrogens is 284 g/mol. The molecule has 0 aliphatic rings. The van der Waals surface area contributed by atoms with Gasteiger partial charge in [-0.1, -0.05) is 38.1 Å². The van der Waals surface area contributed by atoms with Crippen molar-refractivity contribution in [1.29, 1.82) is 0 Å². The fourth-order valence-electron chi connectivity index (χ4n) is 1.46. The molecule has 0 fully saturated rings. The van der Waals surface area contributed by atoms with E-state index in [1.54, 1.807) is 24.3 Å². The summed E-state index contributed by atoms with van der Waals surface area (Å²) >= 11 is 0. The highest BCUT2D eigenvalue weighted by Crippen LogP contribution is 2.09. The van der Waals surface area contributed by atoms with Crippen LogP contribution in [0.5, 0.6) is 11.5 Å². The molecule has 0 amide bonds. The van der Waals surface area contributed by atoms with Crippen LogP contribution in [0.4, 0.5) is 4.79 Å². The molecule has 2 N–H and O–H groups in total. The molecule has 0 saturated carbocycles. The zero-order chi connectivity index (χ0) is 17.0. The first-order chi connectivity index (χ1) is 10.4. The van der Waals surface area contributed by atoms with Gasteiger partial charge in [-0.05, 0) is 54.4 Å². The van der Waals surface area contributed by atoms with Gasteiger partial charge in [-0.15, -0.1) is 0 Å². The molecule has 5 heteroatoms. The molecule has 120 valence electrons. The smallest absolute Gasteiger partial charge is 0.115 e. The normalized spacial score (nSPS) is 8.82. The number of carbonyl (C=O) groups excluding carboxylic acids is 1. The Bertz CT molecular complexity index is 482. The van der Waals surface area contributed by atoms with Crippen molar-refractivity contribution in [2.45, 2.75) is 26.7 Å². The third-order valence-corrected chi connectivity index (χ3v) is 2.69. The maximum Gasteiger partial charge on any atom is 0.115 e. The van der Waals surface area contributed by atoms with E-state index in [0.29, 0.717) is 11.5 Å². The average Bonchev–Trinajstić information content (AvgIpc) is 2.49. The number of phenols is 2. The van der Waals surface area contributed by atoms with Crippen LogP contribution < -0.4 is 10.2 Å². The van der Waals surface area contributed by atoms with Gasteiger partial charge in [0.05, 0.1) is 0 Å². The molecule has 5 nitrogen and oxygen atoms in total. The van der Waals surface area contributed by atoms with Crippen molar-refractivity contribution in [1.82, 2.24) is 0 Å². The van der Waals surface area contributed by atoms with Gasteiger partial charge in [-0.2, -0.15) is 0 Å². The van der Waals surface area contributed by atoms with E-state index in [4.69, 9.17) is 25.2 Å². The lowest BCUT2D eigenvalue weighted by atomic mass is 10.2. The molecular formula is C17H20O5-2. The Morgan fingerprint density at radius 3 is 1.18 bits per heavy atom. The lowest BCUT2D eigenvalue weighted by Crippen LogP contribution is -2.37. The Morgan fingerprint density at radius 1 is 0.773 bits per heavy atom. The third-order valence-electron chi connectivity index (χ3n) is 2.69. The highest BCUT2D eigenvalue weighted by molar-refractivity contribution is 5.47. The van der Waals surface area contributed by atoms with Gasteiger partial charge in [0.15, 0.2) is 0 Å². The molecule has 0 radical (unpaired) electrons. The molecule has 0 spiro atoms. The number of rotatable bonds is 2. The molecule has 0 bridgehead atoms. The van der Waals surface area contributed by atoms with E-state index in [1.165, 1.54) is 11.1 Å². The number of hydrogen-bond donors (Lipinski definition) is 2. The second-order valence-corrected chi connectivity index (χ2v) is 4.29. The van der Waals surface area contributed by atoms with E-state index in [-0.39, 0.29) is 0 Å². The van der Waals surface area contributed by atoms with Crippen molar-refractivity contribution in [3.63, 3.8) is 0 Å². The molecule has 2 aromatic carbocycles. The summed E-state index contributed by atoms with van der Waals surface area (Å²) in [6.45, 7) is 4.18. The standard InChI is InChI=1S/2C8H10O.CH2O3/c2*1-2-7-3-5-8(9)6-4-7;2-1(3)4/h2*3-6,9H,2H2,1H3;(H2,2,3,4)/p-2. The van der Waals surface area contributed by atoms with Crippen molar-refractivity contribution in [3.8, 4) is 11.5 Å². The summed E-state index contributed by atoms with van der Waals surface area (Å²) in [7, 11) is 0. The number of aromatic hydroxyl groups is 2. The molecule has 0 aromatic heterocycles. The summed E-state index contributed by atoms with van der Waals surface area (Å²) in [5.74, 6) is 0.680. The monoisotopic (exact) mass is 304 g/mol. The largest absolute Gasteiger partial charge is 0.652 e. The van der Waals surface area contributed by atoms with Gasteiger partial charge in [0, 0.05) is 0 Å². The molecule has 0 atom stereocenters. The number of hydrogen-bond acceptors (Lipinski definition) is 5. The first-order valence-corrected chi connectivity index (χ1v) is 6.82. The van der Waals surface area contributed by atoms with Crippen LogP contribution in [-0.2, 0) is 12.8 Å². The molecule has 2 aromatic rings. The van der Waals surface area contributed by atoms with Crippen LogP contribution in [0.25, 0.3) is 0 Å². The molecule has 0 saturated heterocycles. The van der Waals surface area contributed by atoms with Gasteiger partial charge in [0.1, 0.15) is 11.5 Å². The fraction of sp³-hybridized carbons (Fsp3) is 0.235. The van der Waals surface area contributed by atoms with Gasteiger partial charge < -0.3 is 25.2 Å². The molecule has 0 aliphatic carbocycles. The molecule has 0 aliphatic heterocycles. The Balaban J connectivity index is 0.000000326. The van der Waals surface area contributed by atoms with Crippen LogP contribution in [0.3, 0.4) is 0 Å². The van der Waals surface area contributed by atoms with Crippen LogP contribution >= 0.6 is 0 Å². The van der Waals surface area contributed by atoms with Crippen LogP contribution in [-0.4, -0.2) is 16.4 Å². The summed E-state index contributed by atoms with van der Waals surface area (Å²) in [6, 6.07) is 14.5. The number of carboxylic acid groups (broad SMARTS) is 2. The summed E-state index contributed by atoms with van der Waals surface area (Å²) in [6.07, 6.45) is -0.277. The van der Waals surface area contributed by atoms with Crippen molar-refractivity contribution in [2.24, 2.45) is 0 Å². The first kappa shape index (κ1) is 19.3. The van der Waals surface area contributed by atoms with E-state index in [9.17, 15) is 0 Å². The Morgan fingerprint density at radius 2 is 1.00 bits per heavy atom. The van der Waals surface area contributed by atoms with Gasteiger partial charge >= 0.3 is 0 Å². The van der Waals surface area contributed by atoms with Crippen LogP contribution in [0.1, 0.15) is 25.0 Å². The second kappa shape index (κ2) is 11.0. The summed E-state index contributed by atoms with van der Waals surface area (Å²) in [5, 5.41) is 34.4. The molecule has 2 rings (SSSR count). The zero-order valence-electron chi connectivity index (χ0n) is 12.7. The van der Waals surface area contributed by atoms with E-state index in [2.05, 4.69) is 13.8 Å². The van der Waals surface area contributed by atoms with Gasteiger partial charge in [0.2, 0.25) is 0 Å². The van der Waals surface area contributed by atoms with Crippen LogP contribution in [0.2, 0.25) is 0 Å². The Kier molecular flexibility index (Phi) is 9.67. The topological polar surface area (TPSA) is 104 Å². The summed E-state index contributed by atoms with van der Waals surface area (Å²) in [5.41, 5.74) is 2.51. The molecule has 0 heterocycles. The predicted octanol–water partition coefficient (Wildman–Crippen LogP) is 1.46. The summed E-state index contributed by atoms with van der Waals surface area (Å²) in [4.78, 5) is 8.33. The van der Waals surface area contributed by atoms with E-state index in [0.717, 1.165) is 12.8 Å². The Hall–Kier alpha value is -2.69. The van der Waals surface area contributed by atoms with Gasteiger partial charge in [-0.3, -0.25) is 0 Å². The van der Waals surface area contributed by atoms with Crippen LogP contribution in [0.15, 0.2) is 48.5 Å². The highest BCUT2D eigenvalue weighted by Gasteiger charge is 1.87. The minimum Gasteiger partial charge on any atom is -0.652 e. The second-order valence-electron chi connectivity index (χ2n) is 4.29. The quantitative estimate of drug-likeness (QED) is 0.874. The first-order valence-electron chi connectivity index (χ1n) is 6.82. The lowest BCUT2D eigenvalue weighted by molar-refractivity contribution is -0.415. The van der Waals surface area contributed by atoms with Gasteiger partial charge in [0.25, 0.3) is 0 Å². The Labute approximate surface area is 130 Å². The van der Waals surface area contributed by atoms with Crippen molar-refractivity contribution in [3.05, 3.63) is 59.7 Å². The number of carbonyl (C=O) groups is 1. The zero-order valence-corrected chi connectivity index (χ0v) is 12.7. The summed E-state index contributed by atoms with van der Waals surface area (Å²) < 4.78 is 0. The highest BCUT2D eigenvalue weighted by atomic mass is 16.6. The predicted molar refractivity (Wildman–Crippen MR) is 80.4 cm³/mol. The number of benzene rings is 2. The average molecular weight is 304 g/mol. The SMILES string of the molecule is CCc1ccc(O)cc1.CCc1ccc(O)cc1.O=C([O-])[O-]. The minimum absolute atomic E-state index is 0.340. The van der Waals surface area contributed by atoms with Crippen molar-refractivity contribution in [2.75, 3.05) is 0 Å². The molecule has 0 unspecified atom stereocenters.